The van der Waals surface area contributed by atoms with Crippen molar-refractivity contribution in [3.05, 3.63) is 0 Å². The van der Waals surface area contributed by atoms with Crippen molar-refractivity contribution in [2.75, 3.05) is 13.2 Å². The molecule has 1 aliphatic rings. The molecule has 1 fully saturated rings. The number of halogens is 1. The zero-order chi connectivity index (χ0) is 8.10. The first-order chi connectivity index (χ1) is 5.34. The summed E-state index contributed by atoms with van der Waals surface area (Å²) in [6.07, 6.45) is 5.06. The van der Waals surface area contributed by atoms with Crippen LogP contribution in [0.4, 0.5) is 0 Å². The molecule has 1 nitrogen and oxygen atoms in total. The Hall–Kier alpha value is 0.440. The SMILES string of the molecule is CCC(Br)C1CCCOCC1. The molecule has 0 aromatic heterocycles. The van der Waals surface area contributed by atoms with Crippen LogP contribution in [0.15, 0.2) is 0 Å². The second-order valence-corrected chi connectivity index (χ2v) is 4.40. The molecule has 0 N–H and O–H groups in total. The Morgan fingerprint density at radius 2 is 2.27 bits per heavy atom. The second kappa shape index (κ2) is 5.15. The van der Waals surface area contributed by atoms with E-state index in [2.05, 4.69) is 22.9 Å². The molecule has 0 spiro atoms. The quantitative estimate of drug-likeness (QED) is 0.651. The van der Waals surface area contributed by atoms with E-state index < -0.39 is 0 Å². The van der Waals surface area contributed by atoms with Crippen LogP contribution in [0.1, 0.15) is 32.6 Å². The van der Waals surface area contributed by atoms with E-state index in [1.807, 2.05) is 0 Å². The van der Waals surface area contributed by atoms with E-state index >= 15 is 0 Å². The van der Waals surface area contributed by atoms with Gasteiger partial charge in [0.15, 0.2) is 0 Å². The Morgan fingerprint density at radius 1 is 1.45 bits per heavy atom. The van der Waals surface area contributed by atoms with Gasteiger partial charge in [-0.05, 0) is 31.6 Å². The Labute approximate surface area is 77.6 Å². The van der Waals surface area contributed by atoms with Gasteiger partial charge in [0, 0.05) is 18.0 Å². The van der Waals surface area contributed by atoms with Gasteiger partial charge in [0.1, 0.15) is 0 Å². The Bertz CT molecular complexity index is 97.7. The third-order valence-electron chi connectivity index (χ3n) is 2.40. The van der Waals surface area contributed by atoms with Gasteiger partial charge in [0.2, 0.25) is 0 Å². The van der Waals surface area contributed by atoms with E-state index in [0.717, 1.165) is 19.1 Å². The predicted molar refractivity (Wildman–Crippen MR) is 51.2 cm³/mol. The van der Waals surface area contributed by atoms with E-state index in [1.54, 1.807) is 0 Å². The van der Waals surface area contributed by atoms with Crippen molar-refractivity contribution in [2.24, 2.45) is 5.92 Å². The lowest BCUT2D eigenvalue weighted by atomic mass is 9.96. The molecule has 2 unspecified atom stereocenters. The van der Waals surface area contributed by atoms with Gasteiger partial charge >= 0.3 is 0 Å². The summed E-state index contributed by atoms with van der Waals surface area (Å²) < 4.78 is 5.40. The van der Waals surface area contributed by atoms with Crippen molar-refractivity contribution < 1.29 is 4.74 Å². The fraction of sp³-hybridized carbons (Fsp3) is 1.00. The molecule has 1 rings (SSSR count). The minimum Gasteiger partial charge on any atom is -0.381 e. The van der Waals surface area contributed by atoms with Gasteiger partial charge in [-0.25, -0.2) is 0 Å². The van der Waals surface area contributed by atoms with Gasteiger partial charge in [0.05, 0.1) is 0 Å². The molecule has 0 saturated carbocycles. The van der Waals surface area contributed by atoms with Crippen LogP contribution in [0.3, 0.4) is 0 Å². The number of ether oxygens (including phenoxy) is 1. The maximum atomic E-state index is 5.40. The monoisotopic (exact) mass is 220 g/mol. The zero-order valence-corrected chi connectivity index (χ0v) is 8.77. The molecular formula is C9H17BrO. The van der Waals surface area contributed by atoms with Crippen LogP contribution >= 0.6 is 15.9 Å². The lowest BCUT2D eigenvalue weighted by Crippen LogP contribution is -2.13. The largest absolute Gasteiger partial charge is 0.381 e. The zero-order valence-electron chi connectivity index (χ0n) is 7.18. The molecule has 66 valence electrons. The second-order valence-electron chi connectivity index (χ2n) is 3.23. The molecule has 2 heteroatoms. The van der Waals surface area contributed by atoms with Crippen molar-refractivity contribution >= 4 is 15.9 Å². The third kappa shape index (κ3) is 3.12. The van der Waals surface area contributed by atoms with Crippen LogP contribution in [0, 0.1) is 5.92 Å². The molecule has 0 amide bonds. The predicted octanol–water partition coefficient (Wildman–Crippen LogP) is 2.98. The fourth-order valence-electron chi connectivity index (χ4n) is 1.62. The summed E-state index contributed by atoms with van der Waals surface area (Å²) in [6, 6.07) is 0. The number of hydrogen-bond acceptors (Lipinski definition) is 1. The molecule has 0 radical (unpaired) electrons. The highest BCUT2D eigenvalue weighted by atomic mass is 79.9. The first-order valence-corrected chi connectivity index (χ1v) is 5.48. The van der Waals surface area contributed by atoms with Crippen LogP contribution in [0.5, 0.6) is 0 Å². The Morgan fingerprint density at radius 3 is 3.00 bits per heavy atom. The summed E-state index contributed by atoms with van der Waals surface area (Å²) in [6.45, 7) is 4.18. The third-order valence-corrected chi connectivity index (χ3v) is 3.79. The molecule has 0 aromatic carbocycles. The molecule has 1 heterocycles. The standard InChI is InChI=1S/C9H17BrO/c1-2-9(10)8-4-3-6-11-7-5-8/h8-9H,2-7H2,1H3. The average molecular weight is 221 g/mol. The van der Waals surface area contributed by atoms with Crippen LogP contribution in [-0.4, -0.2) is 18.0 Å². The number of rotatable bonds is 2. The van der Waals surface area contributed by atoms with Gasteiger partial charge in [-0.2, -0.15) is 0 Å². The minimum atomic E-state index is 0.712. The molecule has 2 atom stereocenters. The topological polar surface area (TPSA) is 9.23 Å². The lowest BCUT2D eigenvalue weighted by molar-refractivity contribution is 0.141. The van der Waals surface area contributed by atoms with Crippen molar-refractivity contribution in [1.82, 2.24) is 0 Å². The molecular weight excluding hydrogens is 204 g/mol. The maximum absolute atomic E-state index is 5.40. The maximum Gasteiger partial charge on any atom is 0.0469 e. The number of hydrogen-bond donors (Lipinski definition) is 0. The van der Waals surface area contributed by atoms with Crippen LogP contribution < -0.4 is 0 Å². The molecule has 0 aromatic rings. The van der Waals surface area contributed by atoms with E-state index in [9.17, 15) is 0 Å². The van der Waals surface area contributed by atoms with Gasteiger partial charge in [-0.1, -0.05) is 22.9 Å². The van der Waals surface area contributed by atoms with Crippen molar-refractivity contribution in [3.8, 4) is 0 Å². The van der Waals surface area contributed by atoms with E-state index in [1.165, 1.54) is 25.7 Å². The van der Waals surface area contributed by atoms with Crippen LogP contribution in [0.2, 0.25) is 0 Å². The summed E-state index contributed by atoms with van der Waals surface area (Å²) in [4.78, 5) is 0.712. The Balaban J connectivity index is 2.30. The van der Waals surface area contributed by atoms with E-state index in [0.29, 0.717) is 4.83 Å². The number of alkyl halides is 1. The molecule has 1 saturated heterocycles. The summed E-state index contributed by atoms with van der Waals surface area (Å²) in [5.41, 5.74) is 0. The molecule has 0 aliphatic carbocycles. The molecule has 11 heavy (non-hydrogen) atoms. The van der Waals surface area contributed by atoms with Crippen molar-refractivity contribution in [3.63, 3.8) is 0 Å². The minimum absolute atomic E-state index is 0.712. The van der Waals surface area contributed by atoms with E-state index in [4.69, 9.17) is 4.74 Å². The average Bonchev–Trinajstić information content (AvgIpc) is 2.30. The Kier molecular flexibility index (Phi) is 4.46. The van der Waals surface area contributed by atoms with Gasteiger partial charge in [-0.3, -0.25) is 0 Å². The normalized spacial score (nSPS) is 29.5. The fourth-order valence-corrected chi connectivity index (χ4v) is 2.15. The summed E-state index contributed by atoms with van der Waals surface area (Å²) in [7, 11) is 0. The first kappa shape index (κ1) is 9.53. The van der Waals surface area contributed by atoms with Gasteiger partial charge < -0.3 is 4.74 Å². The first-order valence-electron chi connectivity index (χ1n) is 4.56. The highest BCUT2D eigenvalue weighted by Crippen LogP contribution is 2.26. The van der Waals surface area contributed by atoms with Crippen LogP contribution in [0.25, 0.3) is 0 Å². The smallest absolute Gasteiger partial charge is 0.0469 e. The van der Waals surface area contributed by atoms with Crippen molar-refractivity contribution in [2.45, 2.75) is 37.4 Å². The highest BCUT2D eigenvalue weighted by Gasteiger charge is 2.18. The highest BCUT2D eigenvalue weighted by molar-refractivity contribution is 9.09. The lowest BCUT2D eigenvalue weighted by Gasteiger charge is -2.18. The summed E-state index contributed by atoms with van der Waals surface area (Å²) >= 11 is 3.72. The van der Waals surface area contributed by atoms with Crippen LogP contribution in [-0.2, 0) is 4.74 Å². The van der Waals surface area contributed by atoms with Gasteiger partial charge in [0.25, 0.3) is 0 Å². The molecule has 1 aliphatic heterocycles. The van der Waals surface area contributed by atoms with Gasteiger partial charge in [-0.15, -0.1) is 0 Å². The summed E-state index contributed by atoms with van der Waals surface area (Å²) in [5.74, 6) is 0.850. The molecule has 0 bridgehead atoms. The van der Waals surface area contributed by atoms with Crippen molar-refractivity contribution in [1.29, 1.82) is 0 Å². The van der Waals surface area contributed by atoms with E-state index in [-0.39, 0.29) is 0 Å². The summed E-state index contributed by atoms with van der Waals surface area (Å²) in [5, 5.41) is 0.